The van der Waals surface area contributed by atoms with Crippen LogP contribution in [0.2, 0.25) is 5.02 Å². The lowest BCUT2D eigenvalue weighted by molar-refractivity contribution is -0.136. The van der Waals surface area contributed by atoms with Gasteiger partial charge in [-0.3, -0.25) is 4.79 Å². The second-order valence-electron chi connectivity index (χ2n) is 7.22. The van der Waals surface area contributed by atoms with Gasteiger partial charge in [-0.2, -0.15) is 0 Å². The monoisotopic (exact) mass is 364 g/mol. The normalized spacial score (nSPS) is 27.2. The molecule has 2 amide bonds. The van der Waals surface area contributed by atoms with Crippen molar-refractivity contribution in [3.8, 4) is 0 Å². The Balaban J connectivity index is 1.76. The molecule has 0 bridgehead atoms. The standard InChI is InChI=1S/C19H25ClN2O3/c20-15-5-3-4-14(12-15)19(13-21-18(24)25)9-7-16(8-10-19)22-11-2-1-6-17(22)23/h3-5,12,16,21H,1-2,6-11,13H2,(H,24,25). The molecule has 25 heavy (non-hydrogen) atoms. The van der Waals surface area contributed by atoms with Crippen LogP contribution in [0.15, 0.2) is 24.3 Å². The number of hydrogen-bond acceptors (Lipinski definition) is 2. The molecule has 0 unspecified atom stereocenters. The number of carbonyl (C=O) groups is 2. The second kappa shape index (κ2) is 7.65. The van der Waals surface area contributed by atoms with Gasteiger partial charge in [0.15, 0.2) is 0 Å². The van der Waals surface area contributed by atoms with Crippen LogP contribution in [-0.2, 0) is 10.2 Å². The fraction of sp³-hybridized carbons (Fsp3) is 0.579. The second-order valence-corrected chi connectivity index (χ2v) is 7.66. The van der Waals surface area contributed by atoms with Crippen LogP contribution in [0.1, 0.15) is 50.5 Å². The van der Waals surface area contributed by atoms with Gasteiger partial charge in [-0.05, 0) is 56.2 Å². The number of nitrogens with zero attached hydrogens (tertiary/aromatic N) is 1. The summed E-state index contributed by atoms with van der Waals surface area (Å²) in [6.07, 6.45) is 5.24. The molecule has 1 saturated heterocycles. The first kappa shape index (κ1) is 18.1. The summed E-state index contributed by atoms with van der Waals surface area (Å²) in [5.41, 5.74) is 0.829. The third-order valence-corrected chi connectivity index (χ3v) is 5.96. The number of amides is 2. The highest BCUT2D eigenvalue weighted by molar-refractivity contribution is 6.30. The summed E-state index contributed by atoms with van der Waals surface area (Å²) >= 11 is 6.17. The van der Waals surface area contributed by atoms with Gasteiger partial charge in [-0.25, -0.2) is 4.79 Å². The van der Waals surface area contributed by atoms with Gasteiger partial charge in [-0.1, -0.05) is 23.7 Å². The Hall–Kier alpha value is -1.75. The van der Waals surface area contributed by atoms with Gasteiger partial charge in [-0.15, -0.1) is 0 Å². The van der Waals surface area contributed by atoms with Crippen LogP contribution >= 0.6 is 11.6 Å². The molecule has 1 aromatic carbocycles. The molecule has 3 rings (SSSR count). The van der Waals surface area contributed by atoms with Crippen molar-refractivity contribution in [2.24, 2.45) is 0 Å². The minimum Gasteiger partial charge on any atom is -0.465 e. The molecule has 136 valence electrons. The maximum absolute atomic E-state index is 12.2. The van der Waals surface area contributed by atoms with Crippen molar-refractivity contribution in [1.29, 1.82) is 0 Å². The smallest absolute Gasteiger partial charge is 0.404 e. The van der Waals surface area contributed by atoms with Crippen molar-refractivity contribution in [3.63, 3.8) is 0 Å². The minimum atomic E-state index is -1.00. The first-order valence-electron chi connectivity index (χ1n) is 9.02. The summed E-state index contributed by atoms with van der Waals surface area (Å²) in [7, 11) is 0. The average Bonchev–Trinajstić information content (AvgIpc) is 2.61. The number of carbonyl (C=O) groups excluding carboxylic acids is 1. The molecule has 0 aromatic heterocycles. The fourth-order valence-electron chi connectivity index (χ4n) is 4.31. The predicted octanol–water partition coefficient (Wildman–Crippen LogP) is 3.80. The molecule has 6 heteroatoms. The van der Waals surface area contributed by atoms with Crippen LogP contribution in [0.3, 0.4) is 0 Å². The predicted molar refractivity (Wildman–Crippen MR) is 97.0 cm³/mol. The first-order valence-corrected chi connectivity index (χ1v) is 9.40. The van der Waals surface area contributed by atoms with E-state index in [9.17, 15) is 9.59 Å². The maximum atomic E-state index is 12.2. The Morgan fingerprint density at radius 2 is 2.08 bits per heavy atom. The molecule has 1 saturated carbocycles. The molecule has 2 aliphatic rings. The van der Waals surface area contributed by atoms with E-state index in [0.717, 1.165) is 50.6 Å². The largest absolute Gasteiger partial charge is 0.465 e. The molecule has 2 N–H and O–H groups in total. The number of benzene rings is 1. The van der Waals surface area contributed by atoms with Gasteiger partial charge >= 0.3 is 6.09 Å². The van der Waals surface area contributed by atoms with E-state index in [1.54, 1.807) is 0 Å². The SMILES string of the molecule is O=C(O)NCC1(c2cccc(Cl)c2)CCC(N2CCCCC2=O)CC1. The highest BCUT2D eigenvalue weighted by Gasteiger charge is 2.40. The molecule has 1 heterocycles. The molecule has 1 aliphatic heterocycles. The van der Waals surface area contributed by atoms with Crippen molar-refractivity contribution in [2.45, 2.75) is 56.4 Å². The molecule has 2 fully saturated rings. The third kappa shape index (κ3) is 4.09. The Kier molecular flexibility index (Phi) is 5.52. The van der Waals surface area contributed by atoms with E-state index in [4.69, 9.17) is 16.7 Å². The van der Waals surface area contributed by atoms with Crippen LogP contribution < -0.4 is 5.32 Å². The van der Waals surface area contributed by atoms with Gasteiger partial charge in [0.25, 0.3) is 0 Å². The average molecular weight is 365 g/mol. The van der Waals surface area contributed by atoms with Crippen molar-refractivity contribution >= 4 is 23.6 Å². The molecule has 0 radical (unpaired) electrons. The van der Waals surface area contributed by atoms with Gasteiger partial charge in [0.05, 0.1) is 0 Å². The molecule has 1 aliphatic carbocycles. The Morgan fingerprint density at radius 1 is 1.32 bits per heavy atom. The van der Waals surface area contributed by atoms with Crippen molar-refractivity contribution < 1.29 is 14.7 Å². The maximum Gasteiger partial charge on any atom is 0.404 e. The van der Waals surface area contributed by atoms with Crippen LogP contribution in [0, 0.1) is 0 Å². The van der Waals surface area contributed by atoms with Gasteiger partial charge in [0, 0.05) is 36.0 Å². The van der Waals surface area contributed by atoms with Crippen LogP contribution in [0.5, 0.6) is 0 Å². The van der Waals surface area contributed by atoms with Gasteiger partial charge in [0.2, 0.25) is 5.91 Å². The van der Waals surface area contributed by atoms with Gasteiger partial charge < -0.3 is 15.3 Å². The molecular formula is C19H25ClN2O3. The van der Waals surface area contributed by atoms with E-state index in [2.05, 4.69) is 10.2 Å². The molecule has 0 spiro atoms. The summed E-state index contributed by atoms with van der Waals surface area (Å²) in [5.74, 6) is 0.273. The summed E-state index contributed by atoms with van der Waals surface area (Å²) < 4.78 is 0. The lowest BCUT2D eigenvalue weighted by Crippen LogP contribution is -2.50. The van der Waals surface area contributed by atoms with E-state index in [1.807, 2.05) is 24.3 Å². The number of nitrogens with one attached hydrogen (secondary N) is 1. The number of piperidine rings is 1. The quantitative estimate of drug-likeness (QED) is 0.853. The van der Waals surface area contributed by atoms with E-state index >= 15 is 0 Å². The Labute approximate surface area is 153 Å². The van der Waals surface area contributed by atoms with Crippen LogP contribution in [-0.4, -0.2) is 41.1 Å². The first-order chi connectivity index (χ1) is 12.0. The third-order valence-electron chi connectivity index (χ3n) is 5.73. The fourth-order valence-corrected chi connectivity index (χ4v) is 4.50. The van der Waals surface area contributed by atoms with Crippen LogP contribution in [0.4, 0.5) is 4.79 Å². The van der Waals surface area contributed by atoms with E-state index in [-0.39, 0.29) is 17.4 Å². The molecular weight excluding hydrogens is 340 g/mol. The number of hydrogen-bond donors (Lipinski definition) is 2. The van der Waals surface area contributed by atoms with Crippen LogP contribution in [0.25, 0.3) is 0 Å². The zero-order valence-corrected chi connectivity index (χ0v) is 15.1. The Morgan fingerprint density at radius 3 is 2.72 bits per heavy atom. The molecule has 1 aromatic rings. The summed E-state index contributed by atoms with van der Waals surface area (Å²) in [5, 5.41) is 12.3. The molecule has 0 atom stereocenters. The number of likely N-dealkylation sites (tertiary alicyclic amines) is 1. The lowest BCUT2D eigenvalue weighted by atomic mass is 9.67. The van der Waals surface area contributed by atoms with Crippen molar-refractivity contribution in [2.75, 3.05) is 13.1 Å². The minimum absolute atomic E-state index is 0.251. The van der Waals surface area contributed by atoms with Gasteiger partial charge in [0.1, 0.15) is 0 Å². The highest BCUT2D eigenvalue weighted by atomic mass is 35.5. The van der Waals surface area contributed by atoms with E-state index in [0.29, 0.717) is 18.0 Å². The summed E-state index contributed by atoms with van der Waals surface area (Å²) in [6, 6.07) is 8.01. The van der Waals surface area contributed by atoms with E-state index < -0.39 is 6.09 Å². The highest BCUT2D eigenvalue weighted by Crippen LogP contribution is 2.41. The van der Waals surface area contributed by atoms with E-state index in [1.165, 1.54) is 0 Å². The summed E-state index contributed by atoms with van der Waals surface area (Å²) in [4.78, 5) is 25.3. The molecule has 5 nitrogen and oxygen atoms in total. The van der Waals surface area contributed by atoms with Crippen molar-refractivity contribution in [3.05, 3.63) is 34.9 Å². The summed E-state index contributed by atoms with van der Waals surface area (Å²) in [6.45, 7) is 1.24. The zero-order chi connectivity index (χ0) is 17.9. The number of rotatable bonds is 4. The lowest BCUT2D eigenvalue weighted by Gasteiger charge is -2.45. The topological polar surface area (TPSA) is 69.6 Å². The van der Waals surface area contributed by atoms with Crippen molar-refractivity contribution in [1.82, 2.24) is 10.2 Å². The Bertz CT molecular complexity index is 641. The number of carboxylic acid groups (broad SMARTS) is 1. The zero-order valence-electron chi connectivity index (χ0n) is 14.3. The number of halogens is 1.